The lowest BCUT2D eigenvalue weighted by Gasteiger charge is -2.12. The minimum atomic E-state index is -0.134. The highest BCUT2D eigenvalue weighted by molar-refractivity contribution is 7.10. The Hall–Kier alpha value is -2.12. The zero-order valence-corrected chi connectivity index (χ0v) is 17.0. The molecular formula is C20H18ClNO3S2. The number of phenols is 1. The lowest BCUT2D eigenvalue weighted by atomic mass is 9.99. The van der Waals surface area contributed by atoms with Crippen LogP contribution in [-0.2, 0) is 13.1 Å². The number of ether oxygens (including phenoxy) is 1. The molecule has 0 amide bonds. The number of ketones is 1. The second kappa shape index (κ2) is 8.27. The van der Waals surface area contributed by atoms with Gasteiger partial charge in [-0.15, -0.1) is 35.1 Å². The van der Waals surface area contributed by atoms with E-state index < -0.39 is 0 Å². The van der Waals surface area contributed by atoms with Crippen LogP contribution < -0.4 is 10.1 Å². The molecule has 0 unspecified atom stereocenters. The third kappa shape index (κ3) is 3.94. The number of nitrogens with one attached hydrogen (secondary N) is 1. The summed E-state index contributed by atoms with van der Waals surface area (Å²) >= 11 is 3.22. The van der Waals surface area contributed by atoms with Crippen molar-refractivity contribution < 1.29 is 14.6 Å². The smallest absolute Gasteiger partial charge is 0.232 e. The number of hydrogen-bond donors (Lipinski definition) is 2. The van der Waals surface area contributed by atoms with Gasteiger partial charge < -0.3 is 15.2 Å². The molecule has 0 spiro atoms. The average molecular weight is 420 g/mol. The number of aryl methyl sites for hydroxylation is 1. The van der Waals surface area contributed by atoms with Gasteiger partial charge in [-0.25, -0.2) is 0 Å². The van der Waals surface area contributed by atoms with Gasteiger partial charge >= 0.3 is 0 Å². The Bertz CT molecular complexity index is 979. The van der Waals surface area contributed by atoms with E-state index in [1.165, 1.54) is 4.88 Å². The molecule has 2 aromatic heterocycles. The molecule has 7 heteroatoms. The van der Waals surface area contributed by atoms with Crippen molar-refractivity contribution >= 4 is 46.9 Å². The van der Waals surface area contributed by atoms with Crippen LogP contribution in [0.3, 0.4) is 0 Å². The zero-order valence-electron chi connectivity index (χ0n) is 14.5. The Morgan fingerprint density at radius 3 is 2.67 bits per heavy atom. The van der Waals surface area contributed by atoms with Crippen molar-refractivity contribution in [1.29, 1.82) is 0 Å². The number of aromatic hydroxyl groups is 1. The molecule has 1 aliphatic rings. The number of fused-ring (bicyclic) bond motifs is 1. The van der Waals surface area contributed by atoms with Crippen molar-refractivity contribution in [1.82, 2.24) is 5.32 Å². The molecule has 4 rings (SSSR count). The number of benzene rings is 1. The van der Waals surface area contributed by atoms with Crippen molar-refractivity contribution in [2.75, 3.05) is 0 Å². The highest BCUT2D eigenvalue weighted by Gasteiger charge is 2.33. The van der Waals surface area contributed by atoms with E-state index in [-0.39, 0.29) is 23.9 Å². The fraction of sp³-hybridized carbons (Fsp3) is 0.150. The molecule has 0 atom stereocenters. The van der Waals surface area contributed by atoms with Crippen LogP contribution in [0.2, 0.25) is 0 Å². The van der Waals surface area contributed by atoms with E-state index in [0.717, 1.165) is 10.4 Å². The summed E-state index contributed by atoms with van der Waals surface area (Å²) in [6.07, 6.45) is 1.76. The number of halogens is 1. The highest BCUT2D eigenvalue weighted by atomic mass is 35.5. The van der Waals surface area contributed by atoms with Crippen LogP contribution in [0.25, 0.3) is 6.08 Å². The second-order valence-electron chi connectivity index (χ2n) is 6.03. The first-order valence-electron chi connectivity index (χ1n) is 8.20. The summed E-state index contributed by atoms with van der Waals surface area (Å²) < 4.78 is 5.89. The van der Waals surface area contributed by atoms with E-state index in [4.69, 9.17) is 4.74 Å². The maximum Gasteiger partial charge on any atom is 0.232 e. The van der Waals surface area contributed by atoms with E-state index >= 15 is 0 Å². The Morgan fingerprint density at radius 2 is 1.96 bits per heavy atom. The molecular weight excluding hydrogens is 402 g/mol. The van der Waals surface area contributed by atoms with Gasteiger partial charge in [-0.3, -0.25) is 4.79 Å². The summed E-state index contributed by atoms with van der Waals surface area (Å²) in [5.41, 5.74) is 1.88. The maximum absolute atomic E-state index is 12.8. The Kier molecular flexibility index (Phi) is 6.01. The number of Topliss-reactive ketones (excluding diaryl/α,β-unsaturated/α-hetero) is 1. The van der Waals surface area contributed by atoms with Crippen LogP contribution in [0.1, 0.15) is 31.2 Å². The van der Waals surface area contributed by atoms with Gasteiger partial charge in [0.2, 0.25) is 5.78 Å². The largest absolute Gasteiger partial charge is 0.507 e. The fourth-order valence-electron chi connectivity index (χ4n) is 2.98. The first kappa shape index (κ1) is 19.6. The van der Waals surface area contributed by atoms with Gasteiger partial charge in [0, 0.05) is 28.9 Å². The first-order valence-corrected chi connectivity index (χ1v) is 9.95. The van der Waals surface area contributed by atoms with E-state index in [2.05, 4.69) is 11.4 Å². The first-order chi connectivity index (χ1) is 12.6. The normalized spacial score (nSPS) is 14.1. The van der Waals surface area contributed by atoms with Crippen molar-refractivity contribution in [3.63, 3.8) is 0 Å². The number of carbonyl (C=O) groups is 1. The standard InChI is InChI=1S/C20H17NO3S2.ClH/c1-12-8-16(22)15(11-21-10-14-5-3-7-26-14)20-18(12)19(23)17(24-20)9-13-4-2-6-25-13;/h2-9,21-22H,10-11H2,1H3;1H. The summed E-state index contributed by atoms with van der Waals surface area (Å²) in [7, 11) is 0. The van der Waals surface area contributed by atoms with Crippen molar-refractivity contribution in [3.8, 4) is 11.5 Å². The molecule has 0 saturated heterocycles. The van der Waals surface area contributed by atoms with Gasteiger partial charge in [-0.1, -0.05) is 12.1 Å². The molecule has 27 heavy (non-hydrogen) atoms. The molecule has 1 aromatic carbocycles. The van der Waals surface area contributed by atoms with Crippen LogP contribution in [-0.4, -0.2) is 10.9 Å². The van der Waals surface area contributed by atoms with Crippen LogP contribution >= 0.6 is 35.1 Å². The van der Waals surface area contributed by atoms with E-state index in [0.29, 0.717) is 35.7 Å². The summed E-state index contributed by atoms with van der Waals surface area (Å²) in [5.74, 6) is 0.778. The van der Waals surface area contributed by atoms with Gasteiger partial charge in [-0.05, 0) is 41.4 Å². The maximum atomic E-state index is 12.8. The molecule has 3 aromatic rings. The molecule has 0 fully saturated rings. The molecule has 140 valence electrons. The van der Waals surface area contributed by atoms with Crippen LogP contribution in [0.4, 0.5) is 0 Å². The third-order valence-electron chi connectivity index (χ3n) is 4.22. The minimum Gasteiger partial charge on any atom is -0.507 e. The third-order valence-corrected chi connectivity index (χ3v) is 5.91. The number of phenolic OH excluding ortho intramolecular Hbond substituents is 1. The van der Waals surface area contributed by atoms with Gasteiger partial charge in [0.05, 0.1) is 11.1 Å². The highest BCUT2D eigenvalue weighted by Crippen LogP contribution is 2.41. The quantitative estimate of drug-likeness (QED) is 0.561. The molecule has 3 heterocycles. The van der Waals surface area contributed by atoms with E-state index in [1.807, 2.05) is 35.9 Å². The number of hydrogen-bond acceptors (Lipinski definition) is 6. The monoisotopic (exact) mass is 419 g/mol. The van der Waals surface area contributed by atoms with Crippen LogP contribution in [0.5, 0.6) is 11.5 Å². The van der Waals surface area contributed by atoms with Gasteiger partial charge in [0.1, 0.15) is 11.5 Å². The number of allylic oxidation sites excluding steroid dienone is 1. The molecule has 4 nitrogen and oxygen atoms in total. The zero-order chi connectivity index (χ0) is 18.1. The Labute approximate surface area is 171 Å². The van der Waals surface area contributed by atoms with Crippen LogP contribution in [0.15, 0.2) is 46.9 Å². The van der Waals surface area contributed by atoms with E-state index in [1.54, 1.807) is 34.8 Å². The van der Waals surface area contributed by atoms with Crippen LogP contribution in [0, 0.1) is 6.92 Å². The Morgan fingerprint density at radius 1 is 1.19 bits per heavy atom. The summed E-state index contributed by atoms with van der Waals surface area (Å²) in [4.78, 5) is 14.9. The topological polar surface area (TPSA) is 58.6 Å². The number of carbonyl (C=O) groups excluding carboxylic acids is 1. The minimum absolute atomic E-state index is 0. The van der Waals surface area contributed by atoms with E-state index in [9.17, 15) is 9.90 Å². The fourth-order valence-corrected chi connectivity index (χ4v) is 4.30. The van der Waals surface area contributed by atoms with Gasteiger partial charge in [0.15, 0.2) is 5.76 Å². The molecule has 0 radical (unpaired) electrons. The second-order valence-corrected chi connectivity index (χ2v) is 8.04. The lowest BCUT2D eigenvalue weighted by molar-refractivity contribution is 0.101. The number of thiophene rings is 2. The summed E-state index contributed by atoms with van der Waals surface area (Å²) in [6.45, 7) is 2.94. The lowest BCUT2D eigenvalue weighted by Crippen LogP contribution is -2.12. The average Bonchev–Trinajstić information content (AvgIpc) is 3.34. The predicted octanol–water partition coefficient (Wildman–Crippen LogP) is 5.15. The van der Waals surface area contributed by atoms with Gasteiger partial charge in [0.25, 0.3) is 0 Å². The molecule has 1 aliphatic heterocycles. The van der Waals surface area contributed by atoms with Gasteiger partial charge in [-0.2, -0.15) is 0 Å². The number of rotatable bonds is 5. The molecule has 0 saturated carbocycles. The molecule has 2 N–H and O–H groups in total. The van der Waals surface area contributed by atoms with Crippen molar-refractivity contribution in [2.45, 2.75) is 20.0 Å². The SMILES string of the molecule is Cc1cc(O)c(CNCc2cccs2)c2c1C(=O)C(=Cc1cccs1)O2.Cl. The molecule has 0 bridgehead atoms. The summed E-state index contributed by atoms with van der Waals surface area (Å²) in [6, 6.07) is 9.56. The molecule has 0 aliphatic carbocycles. The van der Waals surface area contributed by atoms with Crippen molar-refractivity contribution in [2.24, 2.45) is 0 Å². The Balaban J connectivity index is 0.00000210. The predicted molar refractivity (Wildman–Crippen MR) is 112 cm³/mol. The van der Waals surface area contributed by atoms with Crippen molar-refractivity contribution in [3.05, 3.63) is 73.3 Å². The summed E-state index contributed by atoms with van der Waals surface area (Å²) in [5, 5.41) is 17.7.